The zero-order valence-corrected chi connectivity index (χ0v) is 29.1. The second-order valence-electron chi connectivity index (χ2n) is 12.5. The van der Waals surface area contributed by atoms with Crippen molar-refractivity contribution in [2.24, 2.45) is 0 Å². The minimum Gasteiger partial charge on any atom is -0.481 e. The smallest absolute Gasteiger partial charge is 0.336 e. The topological polar surface area (TPSA) is 188 Å². The molecule has 2 aliphatic heterocycles. The Morgan fingerprint density at radius 3 is 2.10 bits per heavy atom. The number of benzene rings is 2. The van der Waals surface area contributed by atoms with Crippen molar-refractivity contribution in [2.45, 2.75) is 63.0 Å². The maximum atomic E-state index is 13.1. The number of carbonyl (C=O) groups excluding carboxylic acids is 2. The number of likely N-dealkylation sites (tertiary alicyclic amines) is 1. The van der Waals surface area contributed by atoms with Gasteiger partial charge in [0.15, 0.2) is 5.60 Å². The molecule has 0 saturated carbocycles. The predicted molar refractivity (Wildman–Crippen MR) is 183 cm³/mol. The third-order valence-corrected chi connectivity index (χ3v) is 9.48. The molecule has 49 heavy (non-hydrogen) atoms. The standard InChI is InChI=1S/C28H36Cl2N4O2.C6H8O7/c1-20-4-6-21(7-5-20)27(35)32(2)19-23(22-8-9-25(29)26(30)18-22)10-15-33-16-11-24(12-17-33)34-14-3-13-31-28(34)36;7-3(8)1-6(13,5(11)12)2-4(9)10/h4-9,18,23-24H,3,10-17,19H2,1-2H3,(H,31,36);13H,1-2H2,(H,7,8)(H,9,10)(H,11,12)/t23-;/m1./s1. The Labute approximate surface area is 295 Å². The molecule has 0 aliphatic carbocycles. The zero-order chi connectivity index (χ0) is 36.3. The van der Waals surface area contributed by atoms with E-state index in [1.165, 1.54) is 0 Å². The van der Waals surface area contributed by atoms with Crippen LogP contribution in [-0.4, -0.2) is 123 Å². The number of piperidine rings is 1. The fraction of sp³-hybridized carbons (Fsp3) is 0.500. The number of carboxylic acids is 3. The number of aliphatic carboxylic acids is 3. The van der Waals surface area contributed by atoms with Crippen LogP contribution in [-0.2, 0) is 14.4 Å². The van der Waals surface area contributed by atoms with Crippen molar-refractivity contribution in [1.29, 1.82) is 0 Å². The molecular weight excluding hydrogens is 679 g/mol. The lowest BCUT2D eigenvalue weighted by atomic mass is 9.93. The van der Waals surface area contributed by atoms with Crippen LogP contribution < -0.4 is 5.32 Å². The van der Waals surface area contributed by atoms with Gasteiger partial charge in [0.2, 0.25) is 0 Å². The molecule has 2 aromatic rings. The van der Waals surface area contributed by atoms with E-state index in [2.05, 4.69) is 10.2 Å². The van der Waals surface area contributed by atoms with Gasteiger partial charge >= 0.3 is 23.9 Å². The molecule has 0 spiro atoms. The predicted octanol–water partition coefficient (Wildman–Crippen LogP) is 4.18. The number of likely N-dealkylation sites (N-methyl/N-ethyl adjacent to an activating group) is 1. The summed E-state index contributed by atoms with van der Waals surface area (Å²) in [6.07, 6.45) is 1.63. The molecule has 13 nitrogen and oxygen atoms in total. The van der Waals surface area contributed by atoms with Gasteiger partial charge in [0.05, 0.1) is 22.9 Å². The summed E-state index contributed by atoms with van der Waals surface area (Å²) >= 11 is 12.5. The van der Waals surface area contributed by atoms with Crippen molar-refractivity contribution < 1.29 is 44.4 Å². The summed E-state index contributed by atoms with van der Waals surface area (Å²) < 4.78 is 0. The molecule has 2 aromatic carbocycles. The van der Waals surface area contributed by atoms with Crippen LogP contribution in [0.3, 0.4) is 0 Å². The normalized spacial score (nSPS) is 16.2. The molecule has 1 atom stereocenters. The van der Waals surface area contributed by atoms with E-state index in [0.717, 1.165) is 69.5 Å². The maximum absolute atomic E-state index is 13.1. The Morgan fingerprint density at radius 2 is 1.57 bits per heavy atom. The molecule has 0 bridgehead atoms. The molecule has 0 radical (unpaired) electrons. The highest BCUT2D eigenvalue weighted by atomic mass is 35.5. The van der Waals surface area contributed by atoms with E-state index < -0.39 is 36.4 Å². The molecular formula is C34H44Cl2N4O9. The number of carbonyl (C=O) groups is 5. The highest BCUT2D eigenvalue weighted by molar-refractivity contribution is 6.42. The summed E-state index contributed by atoms with van der Waals surface area (Å²) in [6.45, 7) is 7.12. The van der Waals surface area contributed by atoms with Gasteiger partial charge in [-0.3, -0.25) is 14.4 Å². The minimum atomic E-state index is -2.74. The average molecular weight is 724 g/mol. The molecule has 0 unspecified atom stereocenters. The first kappa shape index (κ1) is 39.5. The van der Waals surface area contributed by atoms with Gasteiger partial charge in [-0.25, -0.2) is 9.59 Å². The van der Waals surface area contributed by atoms with Crippen LogP contribution >= 0.6 is 23.2 Å². The Morgan fingerprint density at radius 1 is 0.959 bits per heavy atom. The number of hydrogen-bond acceptors (Lipinski definition) is 7. The van der Waals surface area contributed by atoms with Crippen molar-refractivity contribution in [1.82, 2.24) is 20.0 Å². The van der Waals surface area contributed by atoms with Crippen LogP contribution in [0.5, 0.6) is 0 Å². The number of amides is 3. The summed E-state index contributed by atoms with van der Waals surface area (Å²) in [6, 6.07) is 13.9. The third kappa shape index (κ3) is 11.9. The lowest BCUT2D eigenvalue weighted by Gasteiger charge is -2.40. The Hall–Kier alpha value is -3.91. The van der Waals surface area contributed by atoms with Crippen LogP contribution in [0.2, 0.25) is 10.0 Å². The first-order chi connectivity index (χ1) is 23.1. The van der Waals surface area contributed by atoms with Gasteiger partial charge in [-0.05, 0) is 69.0 Å². The van der Waals surface area contributed by atoms with Gasteiger partial charge < -0.3 is 40.4 Å². The Bertz CT molecular complexity index is 1470. The number of aryl methyl sites for hydroxylation is 1. The SMILES string of the molecule is Cc1ccc(C(=O)N(C)C[C@@H](CCN2CCC(N3CCCNC3=O)CC2)c2ccc(Cl)c(Cl)c2)cc1.O=C(O)CC(O)(CC(=O)O)C(=O)O. The number of urea groups is 1. The summed E-state index contributed by atoms with van der Waals surface area (Å²) in [5.74, 6) is -4.87. The fourth-order valence-corrected chi connectivity index (χ4v) is 6.27. The van der Waals surface area contributed by atoms with Gasteiger partial charge in [0.1, 0.15) is 0 Å². The average Bonchev–Trinajstić information content (AvgIpc) is 3.04. The minimum absolute atomic E-state index is 0.0145. The van der Waals surface area contributed by atoms with Crippen molar-refractivity contribution in [3.63, 3.8) is 0 Å². The van der Waals surface area contributed by atoms with E-state index in [1.807, 2.05) is 61.3 Å². The molecule has 4 rings (SSSR count). The van der Waals surface area contributed by atoms with E-state index in [4.69, 9.17) is 43.6 Å². The summed E-state index contributed by atoms with van der Waals surface area (Å²) in [5, 5.41) is 37.8. The van der Waals surface area contributed by atoms with Crippen molar-refractivity contribution in [3.05, 3.63) is 69.2 Å². The number of rotatable bonds is 13. The van der Waals surface area contributed by atoms with Crippen LogP contribution in [0.1, 0.15) is 65.9 Å². The molecule has 2 aliphatic rings. The van der Waals surface area contributed by atoms with E-state index >= 15 is 0 Å². The number of nitrogens with one attached hydrogen (secondary N) is 1. The number of carboxylic acid groups (broad SMARTS) is 3. The third-order valence-electron chi connectivity index (χ3n) is 8.74. The lowest BCUT2D eigenvalue weighted by molar-refractivity contribution is -0.170. The quantitative estimate of drug-likeness (QED) is 0.201. The summed E-state index contributed by atoms with van der Waals surface area (Å²) in [4.78, 5) is 62.1. The van der Waals surface area contributed by atoms with E-state index in [-0.39, 0.29) is 17.9 Å². The molecule has 2 heterocycles. The Kier molecular flexibility index (Phi) is 14.7. The Balaban J connectivity index is 0.000000425. The van der Waals surface area contributed by atoms with Crippen LogP contribution in [0, 0.1) is 6.92 Å². The lowest BCUT2D eigenvalue weighted by Crippen LogP contribution is -2.54. The molecule has 5 N–H and O–H groups in total. The van der Waals surface area contributed by atoms with E-state index in [9.17, 15) is 24.0 Å². The van der Waals surface area contributed by atoms with E-state index in [0.29, 0.717) is 28.2 Å². The van der Waals surface area contributed by atoms with E-state index in [1.54, 1.807) is 4.90 Å². The second kappa shape index (κ2) is 18.2. The maximum Gasteiger partial charge on any atom is 0.336 e. The van der Waals surface area contributed by atoms with Crippen molar-refractivity contribution >= 4 is 53.0 Å². The number of halogens is 2. The summed E-state index contributed by atoms with van der Waals surface area (Å²) in [7, 11) is 1.86. The van der Waals surface area contributed by atoms with Gasteiger partial charge in [-0.15, -0.1) is 0 Å². The highest BCUT2D eigenvalue weighted by Gasteiger charge is 2.40. The summed E-state index contributed by atoms with van der Waals surface area (Å²) in [5.41, 5.74) is 0.178. The monoisotopic (exact) mass is 722 g/mol. The van der Waals surface area contributed by atoms with Gasteiger partial charge in [-0.2, -0.15) is 0 Å². The second-order valence-corrected chi connectivity index (χ2v) is 13.4. The van der Waals surface area contributed by atoms with Crippen molar-refractivity contribution in [2.75, 3.05) is 46.3 Å². The molecule has 2 fully saturated rings. The molecule has 15 heteroatoms. The first-order valence-corrected chi connectivity index (χ1v) is 16.8. The van der Waals surface area contributed by atoms with Crippen molar-refractivity contribution in [3.8, 4) is 0 Å². The molecule has 268 valence electrons. The number of hydrogen-bond donors (Lipinski definition) is 5. The van der Waals surface area contributed by atoms with Crippen LogP contribution in [0.25, 0.3) is 0 Å². The molecule has 3 amide bonds. The fourth-order valence-electron chi connectivity index (χ4n) is 5.96. The number of nitrogens with zero attached hydrogens (tertiary/aromatic N) is 3. The van der Waals surface area contributed by atoms with Crippen LogP contribution in [0.15, 0.2) is 42.5 Å². The molecule has 2 saturated heterocycles. The van der Waals surface area contributed by atoms with Gasteiger partial charge in [0.25, 0.3) is 5.91 Å². The van der Waals surface area contributed by atoms with Gasteiger partial charge in [-0.1, -0.05) is 47.0 Å². The zero-order valence-electron chi connectivity index (χ0n) is 27.6. The number of aliphatic hydroxyl groups is 1. The highest BCUT2D eigenvalue weighted by Crippen LogP contribution is 2.30. The first-order valence-electron chi connectivity index (χ1n) is 16.0. The molecule has 0 aromatic heterocycles. The largest absolute Gasteiger partial charge is 0.481 e. The van der Waals surface area contributed by atoms with Gasteiger partial charge in [0, 0.05) is 57.3 Å². The van der Waals surface area contributed by atoms with Crippen LogP contribution in [0.4, 0.5) is 4.79 Å².